The van der Waals surface area contributed by atoms with Crippen molar-refractivity contribution in [2.75, 3.05) is 0 Å². The van der Waals surface area contributed by atoms with Gasteiger partial charge in [0.05, 0.1) is 0 Å². The van der Waals surface area contributed by atoms with Crippen LogP contribution in [0.2, 0.25) is 0 Å². The Labute approximate surface area is 74.1 Å². The molecule has 2 heterocycles. The third-order valence-corrected chi connectivity index (χ3v) is 1.52. The highest BCUT2D eigenvalue weighted by Gasteiger charge is 2.08. The Morgan fingerprint density at radius 3 is 2.75 bits per heavy atom. The molecule has 0 saturated carbocycles. The number of pyridine rings is 1. The molecule has 1 aliphatic rings. The first-order valence-corrected chi connectivity index (χ1v) is 3.72. The molecule has 0 fully saturated rings. The molecular weight excluding hydrogens is 172 g/mol. The highest BCUT2D eigenvalue weighted by Crippen LogP contribution is 2.07. The lowest BCUT2D eigenvalue weighted by Gasteiger charge is -1.91. The molecule has 0 N–H and O–H groups in total. The van der Waals surface area contributed by atoms with Gasteiger partial charge in [0.1, 0.15) is 0 Å². The fraction of sp³-hybridized carbons (Fsp3) is 0. The van der Waals surface area contributed by atoms with Gasteiger partial charge < -0.3 is 0 Å². The lowest BCUT2D eigenvalue weighted by Crippen LogP contribution is -1.93. The first kappa shape index (κ1) is 7.17. The predicted octanol–water partition coefficient (Wildman–Crippen LogP) is 1.58. The molecule has 0 unspecified atom stereocenters. The van der Waals surface area contributed by atoms with Crippen LogP contribution in [0.1, 0.15) is 5.56 Å². The van der Waals surface area contributed by atoms with Crippen molar-refractivity contribution in [3.63, 3.8) is 0 Å². The van der Waals surface area contributed by atoms with E-state index in [9.17, 15) is 0 Å². The first-order chi connectivity index (χ1) is 5.86. The maximum Gasteiger partial charge on any atom is 0.242 e. The minimum absolute atomic E-state index is 0.272. The molecule has 2 rings (SSSR count). The SMILES string of the molecule is S=C1N=NC(c2cccnc2)=N1. The average Bonchev–Trinajstić information content (AvgIpc) is 2.54. The minimum Gasteiger partial charge on any atom is -0.264 e. The monoisotopic (exact) mass is 176 g/mol. The van der Waals surface area contributed by atoms with Crippen molar-refractivity contribution in [2.45, 2.75) is 0 Å². The number of thiocarbonyl (C=S) groups is 1. The molecular formula is C7H4N4S. The number of amidine groups is 1. The van der Waals surface area contributed by atoms with Crippen LogP contribution in [0.4, 0.5) is 0 Å². The zero-order valence-corrected chi connectivity index (χ0v) is 6.82. The normalized spacial score (nSPS) is 15.0. The van der Waals surface area contributed by atoms with Gasteiger partial charge in [-0.3, -0.25) is 4.98 Å². The molecule has 5 heteroatoms. The van der Waals surface area contributed by atoms with Gasteiger partial charge in [-0.15, -0.1) is 10.2 Å². The molecule has 0 spiro atoms. The van der Waals surface area contributed by atoms with Crippen LogP contribution < -0.4 is 0 Å². The van der Waals surface area contributed by atoms with E-state index in [0.717, 1.165) is 5.56 Å². The van der Waals surface area contributed by atoms with Crippen molar-refractivity contribution in [1.82, 2.24) is 4.98 Å². The molecule has 1 aromatic rings. The largest absolute Gasteiger partial charge is 0.264 e. The Bertz CT molecular complexity index is 368. The number of aromatic nitrogens is 1. The summed E-state index contributed by atoms with van der Waals surface area (Å²) in [6, 6.07) is 3.67. The molecule has 0 aromatic carbocycles. The maximum atomic E-state index is 4.73. The Morgan fingerprint density at radius 2 is 2.17 bits per heavy atom. The van der Waals surface area contributed by atoms with Gasteiger partial charge in [0, 0.05) is 18.0 Å². The third-order valence-electron chi connectivity index (χ3n) is 1.35. The molecule has 4 nitrogen and oxygen atoms in total. The van der Waals surface area contributed by atoms with Crippen molar-refractivity contribution in [3.8, 4) is 0 Å². The van der Waals surface area contributed by atoms with E-state index in [2.05, 4.69) is 20.2 Å². The fourth-order valence-electron chi connectivity index (χ4n) is 0.843. The van der Waals surface area contributed by atoms with Gasteiger partial charge in [-0.1, -0.05) is 0 Å². The van der Waals surface area contributed by atoms with Crippen molar-refractivity contribution in [1.29, 1.82) is 0 Å². The van der Waals surface area contributed by atoms with Crippen LogP contribution in [0.3, 0.4) is 0 Å². The highest BCUT2D eigenvalue weighted by atomic mass is 32.1. The standard InChI is InChI=1S/C7H4N4S/c12-7-9-6(10-11-7)5-2-1-3-8-4-5/h1-4H. The maximum absolute atomic E-state index is 4.73. The molecule has 0 saturated heterocycles. The van der Waals surface area contributed by atoms with Crippen LogP contribution in [0.25, 0.3) is 0 Å². The van der Waals surface area contributed by atoms with Crippen LogP contribution >= 0.6 is 12.2 Å². The topological polar surface area (TPSA) is 50.0 Å². The summed E-state index contributed by atoms with van der Waals surface area (Å²) in [6.45, 7) is 0. The quantitative estimate of drug-likeness (QED) is 0.610. The molecule has 58 valence electrons. The average molecular weight is 176 g/mol. The molecule has 12 heavy (non-hydrogen) atoms. The molecule has 0 amide bonds. The summed E-state index contributed by atoms with van der Waals surface area (Å²) in [4.78, 5) is 7.86. The lowest BCUT2D eigenvalue weighted by atomic mass is 10.3. The zero-order chi connectivity index (χ0) is 8.39. The molecule has 0 aliphatic carbocycles. The number of hydrogen-bond donors (Lipinski definition) is 0. The Kier molecular flexibility index (Phi) is 1.71. The summed E-state index contributed by atoms with van der Waals surface area (Å²) >= 11 is 4.73. The molecule has 0 radical (unpaired) electrons. The number of hydrogen-bond acceptors (Lipinski definition) is 3. The van der Waals surface area contributed by atoms with Gasteiger partial charge in [-0.25, -0.2) is 0 Å². The third kappa shape index (κ3) is 1.26. The Balaban J connectivity index is 2.40. The van der Waals surface area contributed by atoms with Crippen LogP contribution in [-0.2, 0) is 0 Å². The van der Waals surface area contributed by atoms with Crippen LogP contribution in [0, 0.1) is 0 Å². The van der Waals surface area contributed by atoms with Crippen LogP contribution in [0.5, 0.6) is 0 Å². The van der Waals surface area contributed by atoms with E-state index in [1.165, 1.54) is 0 Å². The summed E-state index contributed by atoms with van der Waals surface area (Å²) in [6.07, 6.45) is 3.36. The fourth-order valence-corrected chi connectivity index (χ4v) is 0.970. The van der Waals surface area contributed by atoms with Gasteiger partial charge in [0.25, 0.3) is 0 Å². The molecule has 1 aromatic heterocycles. The second kappa shape index (κ2) is 2.86. The second-order valence-electron chi connectivity index (χ2n) is 2.16. The summed E-state index contributed by atoms with van der Waals surface area (Å²) in [5.41, 5.74) is 0.834. The summed E-state index contributed by atoms with van der Waals surface area (Å²) in [7, 11) is 0. The summed E-state index contributed by atoms with van der Waals surface area (Å²) in [5, 5.41) is 7.67. The summed E-state index contributed by atoms with van der Waals surface area (Å²) < 4.78 is 0. The first-order valence-electron chi connectivity index (χ1n) is 3.31. The Morgan fingerprint density at radius 1 is 1.25 bits per heavy atom. The Hall–Kier alpha value is -1.49. The number of aliphatic imine (C=N–C) groups is 1. The van der Waals surface area contributed by atoms with Crippen LogP contribution in [0.15, 0.2) is 39.7 Å². The van der Waals surface area contributed by atoms with E-state index < -0.39 is 0 Å². The van der Waals surface area contributed by atoms with E-state index in [1.807, 2.05) is 12.1 Å². The zero-order valence-electron chi connectivity index (χ0n) is 6.01. The highest BCUT2D eigenvalue weighted by molar-refractivity contribution is 7.80. The van der Waals surface area contributed by atoms with Gasteiger partial charge in [-0.05, 0) is 24.4 Å². The summed E-state index contributed by atoms with van der Waals surface area (Å²) in [5.74, 6) is 0.535. The molecule has 1 aliphatic heterocycles. The van der Waals surface area contributed by atoms with Crippen LogP contribution in [-0.4, -0.2) is 15.9 Å². The predicted molar refractivity (Wildman–Crippen MR) is 48.2 cm³/mol. The van der Waals surface area contributed by atoms with Crippen molar-refractivity contribution in [3.05, 3.63) is 30.1 Å². The van der Waals surface area contributed by atoms with E-state index in [4.69, 9.17) is 12.2 Å². The van der Waals surface area contributed by atoms with Gasteiger partial charge in [0.15, 0.2) is 5.84 Å². The number of nitrogens with zero attached hydrogens (tertiary/aromatic N) is 4. The van der Waals surface area contributed by atoms with Crippen molar-refractivity contribution in [2.24, 2.45) is 15.2 Å². The molecule has 0 bridgehead atoms. The van der Waals surface area contributed by atoms with E-state index in [-0.39, 0.29) is 5.11 Å². The van der Waals surface area contributed by atoms with Gasteiger partial charge in [-0.2, -0.15) is 4.99 Å². The van der Waals surface area contributed by atoms with Crippen molar-refractivity contribution < 1.29 is 0 Å². The van der Waals surface area contributed by atoms with E-state index in [1.54, 1.807) is 12.4 Å². The lowest BCUT2D eigenvalue weighted by molar-refractivity contribution is 1.30. The molecule has 0 atom stereocenters. The van der Waals surface area contributed by atoms with E-state index >= 15 is 0 Å². The smallest absolute Gasteiger partial charge is 0.242 e. The minimum atomic E-state index is 0.272. The van der Waals surface area contributed by atoms with Gasteiger partial charge in [0.2, 0.25) is 5.11 Å². The van der Waals surface area contributed by atoms with Crippen molar-refractivity contribution >= 4 is 23.2 Å². The van der Waals surface area contributed by atoms with E-state index in [0.29, 0.717) is 5.84 Å². The van der Waals surface area contributed by atoms with Gasteiger partial charge >= 0.3 is 0 Å². The number of rotatable bonds is 1. The number of azo groups is 1. The second-order valence-corrected chi connectivity index (χ2v) is 2.52.